The number of nitrogens with zero attached hydrogens (tertiary/aromatic N) is 5. The van der Waals surface area contributed by atoms with E-state index in [0.29, 0.717) is 28.4 Å². The minimum absolute atomic E-state index is 0.126. The Labute approximate surface area is 216 Å². The predicted molar refractivity (Wildman–Crippen MR) is 139 cm³/mol. The number of fused-ring (bicyclic) bond motifs is 3. The quantitative estimate of drug-likeness (QED) is 0.504. The number of anilines is 3. The molecule has 2 fully saturated rings. The minimum atomic E-state index is -3.28. The number of sulfone groups is 1. The van der Waals surface area contributed by atoms with Crippen molar-refractivity contribution in [1.29, 1.82) is 0 Å². The van der Waals surface area contributed by atoms with Gasteiger partial charge in [0, 0.05) is 30.1 Å². The van der Waals surface area contributed by atoms with Gasteiger partial charge in [-0.3, -0.25) is 0 Å². The van der Waals surface area contributed by atoms with Crippen LogP contribution in [0, 0.1) is 0 Å². The standard InChI is InChI=1S/C25H31N7O4S/c1-25(2,3)36-24(33)32-17-7-8-18(32)12-16(11-17)31-23-21-20(26-14-29-23)22(28-13-27-21)30-15-5-9-19(10-6-15)37(4,34)35/h5-6,9-10,13-14,16-18H,7-8,11-12H2,1-4H3,(H,26,29,31)(H,27,28,30)/t16?,17-,18+. The molecule has 3 aromatic rings. The molecular formula is C25H31N7O4S. The number of amides is 1. The Hall–Kier alpha value is -3.54. The zero-order valence-electron chi connectivity index (χ0n) is 21.3. The van der Waals surface area contributed by atoms with Gasteiger partial charge in [0.05, 0.1) is 4.90 Å². The van der Waals surface area contributed by atoms with Gasteiger partial charge in [0.1, 0.15) is 29.3 Å². The first-order chi connectivity index (χ1) is 17.5. The van der Waals surface area contributed by atoms with Crippen LogP contribution in [0.2, 0.25) is 0 Å². The van der Waals surface area contributed by atoms with E-state index in [2.05, 4.69) is 30.6 Å². The highest BCUT2D eigenvalue weighted by Gasteiger charge is 2.45. The molecule has 1 aromatic carbocycles. The summed E-state index contributed by atoms with van der Waals surface area (Å²) < 4.78 is 29.1. The molecule has 0 saturated carbocycles. The molecule has 5 rings (SSSR count). The summed E-state index contributed by atoms with van der Waals surface area (Å²) in [6, 6.07) is 6.82. The Morgan fingerprint density at radius 1 is 0.946 bits per heavy atom. The third-order valence-corrected chi connectivity index (χ3v) is 7.77. The highest BCUT2D eigenvalue weighted by atomic mass is 32.2. The van der Waals surface area contributed by atoms with Gasteiger partial charge < -0.3 is 20.3 Å². The van der Waals surface area contributed by atoms with E-state index in [0.717, 1.165) is 25.7 Å². The number of benzene rings is 1. The van der Waals surface area contributed by atoms with Crippen LogP contribution >= 0.6 is 0 Å². The van der Waals surface area contributed by atoms with Crippen LogP contribution in [0.25, 0.3) is 11.0 Å². The van der Waals surface area contributed by atoms with Gasteiger partial charge in [-0.15, -0.1) is 0 Å². The van der Waals surface area contributed by atoms with E-state index in [1.54, 1.807) is 24.3 Å². The van der Waals surface area contributed by atoms with Gasteiger partial charge in [0.25, 0.3) is 0 Å². The lowest BCUT2D eigenvalue weighted by molar-refractivity contribution is 0.00682. The number of nitrogens with one attached hydrogen (secondary N) is 2. The molecule has 2 aromatic heterocycles. The summed E-state index contributed by atoms with van der Waals surface area (Å²) in [5, 5.41) is 6.73. The van der Waals surface area contributed by atoms with Crippen molar-refractivity contribution in [2.24, 2.45) is 0 Å². The zero-order valence-corrected chi connectivity index (χ0v) is 22.1. The van der Waals surface area contributed by atoms with Gasteiger partial charge in [-0.1, -0.05) is 0 Å². The summed E-state index contributed by atoms with van der Waals surface area (Å²) in [5.41, 5.74) is 1.27. The Kier molecular flexibility index (Phi) is 6.38. The molecule has 2 aliphatic heterocycles. The molecule has 1 amide bonds. The number of carbonyl (C=O) groups is 1. The number of hydrogen-bond donors (Lipinski definition) is 2. The van der Waals surface area contributed by atoms with E-state index >= 15 is 0 Å². The summed E-state index contributed by atoms with van der Waals surface area (Å²) in [4.78, 5) is 32.5. The van der Waals surface area contributed by atoms with E-state index in [1.165, 1.54) is 18.9 Å². The fraction of sp³-hybridized carbons (Fsp3) is 0.480. The Morgan fingerprint density at radius 3 is 2.08 bits per heavy atom. The smallest absolute Gasteiger partial charge is 0.410 e. The average molecular weight is 526 g/mol. The van der Waals surface area contributed by atoms with Crippen molar-refractivity contribution in [2.45, 2.75) is 75.1 Å². The number of rotatable bonds is 5. The van der Waals surface area contributed by atoms with Crippen LogP contribution in [-0.2, 0) is 14.6 Å². The second-order valence-corrected chi connectivity index (χ2v) is 12.7. The van der Waals surface area contributed by atoms with Crippen molar-refractivity contribution >= 4 is 44.3 Å². The zero-order chi connectivity index (χ0) is 26.4. The average Bonchev–Trinajstić information content (AvgIpc) is 3.09. The van der Waals surface area contributed by atoms with Crippen LogP contribution in [0.15, 0.2) is 41.8 Å². The maximum atomic E-state index is 12.8. The van der Waals surface area contributed by atoms with Crippen molar-refractivity contribution in [3.05, 3.63) is 36.9 Å². The second kappa shape index (κ2) is 9.40. The molecule has 1 unspecified atom stereocenters. The molecule has 2 saturated heterocycles. The Morgan fingerprint density at radius 2 is 1.51 bits per heavy atom. The highest BCUT2D eigenvalue weighted by molar-refractivity contribution is 7.90. The number of carbonyl (C=O) groups excluding carboxylic acids is 1. The largest absolute Gasteiger partial charge is 0.444 e. The first-order valence-electron chi connectivity index (χ1n) is 12.3. The molecule has 0 aliphatic carbocycles. The summed E-state index contributed by atoms with van der Waals surface area (Å²) >= 11 is 0. The monoisotopic (exact) mass is 525 g/mol. The van der Waals surface area contributed by atoms with E-state index in [1.807, 2.05) is 25.7 Å². The Bertz CT molecular complexity index is 1410. The Balaban J connectivity index is 1.33. The fourth-order valence-electron chi connectivity index (χ4n) is 5.10. The van der Waals surface area contributed by atoms with E-state index in [9.17, 15) is 13.2 Å². The van der Waals surface area contributed by atoms with Crippen LogP contribution in [0.1, 0.15) is 46.5 Å². The van der Waals surface area contributed by atoms with Crippen LogP contribution in [0.3, 0.4) is 0 Å². The van der Waals surface area contributed by atoms with Gasteiger partial charge in [-0.25, -0.2) is 33.1 Å². The first-order valence-corrected chi connectivity index (χ1v) is 14.2. The molecule has 196 valence electrons. The summed E-state index contributed by atoms with van der Waals surface area (Å²) in [6.07, 6.45) is 7.36. The third kappa shape index (κ3) is 5.43. The topological polar surface area (TPSA) is 139 Å². The molecular weight excluding hydrogens is 494 g/mol. The SMILES string of the molecule is CC(C)(C)OC(=O)N1[C@@H]2CC[C@H]1CC(Nc1ncnc3c(Nc4ccc(S(C)(=O)=O)cc4)ncnc13)C2. The van der Waals surface area contributed by atoms with Crippen LogP contribution in [-0.4, -0.2) is 69.3 Å². The molecule has 4 heterocycles. The van der Waals surface area contributed by atoms with Gasteiger partial charge >= 0.3 is 6.09 Å². The molecule has 2 bridgehead atoms. The molecule has 0 radical (unpaired) electrons. The van der Waals surface area contributed by atoms with Crippen LogP contribution in [0.4, 0.5) is 22.1 Å². The van der Waals surface area contributed by atoms with Crippen molar-refractivity contribution in [2.75, 3.05) is 16.9 Å². The van der Waals surface area contributed by atoms with Gasteiger partial charge in [-0.2, -0.15) is 0 Å². The van der Waals surface area contributed by atoms with Gasteiger partial charge in [0.2, 0.25) is 0 Å². The first kappa shape index (κ1) is 25.1. The van der Waals surface area contributed by atoms with E-state index in [4.69, 9.17) is 4.74 Å². The maximum absolute atomic E-state index is 12.8. The van der Waals surface area contributed by atoms with Crippen LogP contribution < -0.4 is 10.6 Å². The molecule has 2 N–H and O–H groups in total. The van der Waals surface area contributed by atoms with E-state index < -0.39 is 15.4 Å². The fourth-order valence-corrected chi connectivity index (χ4v) is 5.73. The number of aromatic nitrogens is 4. The summed E-state index contributed by atoms with van der Waals surface area (Å²) in [6.45, 7) is 5.66. The summed E-state index contributed by atoms with van der Waals surface area (Å²) in [7, 11) is -3.28. The molecule has 2 aliphatic rings. The number of ether oxygens (including phenoxy) is 1. The minimum Gasteiger partial charge on any atom is -0.444 e. The van der Waals surface area contributed by atoms with E-state index in [-0.39, 0.29) is 29.1 Å². The predicted octanol–water partition coefficient (Wildman–Crippen LogP) is 3.91. The molecule has 12 heteroatoms. The summed E-state index contributed by atoms with van der Waals surface area (Å²) in [5.74, 6) is 1.10. The molecule has 3 atom stereocenters. The van der Waals surface area contributed by atoms with Crippen molar-refractivity contribution in [3.63, 3.8) is 0 Å². The lowest BCUT2D eigenvalue weighted by Gasteiger charge is -2.39. The number of piperidine rings is 1. The molecule has 11 nitrogen and oxygen atoms in total. The van der Waals surface area contributed by atoms with Gasteiger partial charge in [0.15, 0.2) is 21.5 Å². The lowest BCUT2D eigenvalue weighted by atomic mass is 9.97. The van der Waals surface area contributed by atoms with Crippen molar-refractivity contribution in [1.82, 2.24) is 24.8 Å². The lowest BCUT2D eigenvalue weighted by Crippen LogP contribution is -2.51. The normalized spacial score (nSPS) is 21.6. The molecule has 0 spiro atoms. The van der Waals surface area contributed by atoms with Gasteiger partial charge in [-0.05, 0) is 70.7 Å². The molecule has 37 heavy (non-hydrogen) atoms. The third-order valence-electron chi connectivity index (χ3n) is 6.64. The highest BCUT2D eigenvalue weighted by Crippen LogP contribution is 2.38. The maximum Gasteiger partial charge on any atom is 0.410 e. The van der Waals surface area contributed by atoms with Crippen molar-refractivity contribution < 1.29 is 17.9 Å². The number of hydrogen-bond acceptors (Lipinski definition) is 10. The van der Waals surface area contributed by atoms with Crippen LogP contribution in [0.5, 0.6) is 0 Å². The second-order valence-electron chi connectivity index (χ2n) is 10.6. The van der Waals surface area contributed by atoms with Crippen molar-refractivity contribution in [3.8, 4) is 0 Å².